The predicted octanol–water partition coefficient (Wildman–Crippen LogP) is 2.66. The fourth-order valence-electron chi connectivity index (χ4n) is 1.64. The van der Waals surface area contributed by atoms with Crippen LogP contribution in [0.4, 0.5) is 0 Å². The molecule has 1 heterocycles. The Bertz CT molecular complexity index is 491. The first-order valence-electron chi connectivity index (χ1n) is 5.16. The summed E-state index contributed by atoms with van der Waals surface area (Å²) in [6.07, 6.45) is 1.98. The summed E-state index contributed by atoms with van der Waals surface area (Å²) in [5, 5.41) is 7.60. The lowest BCUT2D eigenvalue weighted by Gasteiger charge is -2.09. The molecule has 0 radical (unpaired) electrons. The SMILES string of the molecule is CNCc1ccc(Br)cc1-n1ccc(C)n1. The van der Waals surface area contributed by atoms with E-state index in [2.05, 4.69) is 38.5 Å². The molecule has 0 aliphatic rings. The van der Waals surface area contributed by atoms with Gasteiger partial charge < -0.3 is 5.32 Å². The van der Waals surface area contributed by atoms with Crippen LogP contribution < -0.4 is 5.32 Å². The molecule has 0 bridgehead atoms. The van der Waals surface area contributed by atoms with Gasteiger partial charge in [0, 0.05) is 17.2 Å². The number of rotatable bonds is 3. The lowest BCUT2D eigenvalue weighted by molar-refractivity contribution is 0.785. The number of hydrogen-bond donors (Lipinski definition) is 1. The molecule has 0 saturated heterocycles. The summed E-state index contributed by atoms with van der Waals surface area (Å²) in [7, 11) is 1.94. The first-order chi connectivity index (χ1) is 7.70. The highest BCUT2D eigenvalue weighted by Gasteiger charge is 2.05. The zero-order chi connectivity index (χ0) is 11.5. The van der Waals surface area contributed by atoms with Crippen LogP contribution in [-0.2, 0) is 6.54 Å². The van der Waals surface area contributed by atoms with E-state index in [0.29, 0.717) is 0 Å². The second-order valence-corrected chi connectivity index (χ2v) is 4.62. The van der Waals surface area contributed by atoms with Crippen molar-refractivity contribution in [2.75, 3.05) is 7.05 Å². The average molecular weight is 280 g/mol. The summed E-state index contributed by atoms with van der Waals surface area (Å²) in [4.78, 5) is 0. The lowest BCUT2D eigenvalue weighted by atomic mass is 10.2. The summed E-state index contributed by atoms with van der Waals surface area (Å²) >= 11 is 3.49. The fraction of sp³-hybridized carbons (Fsp3) is 0.250. The number of nitrogens with zero attached hydrogens (tertiary/aromatic N) is 2. The highest BCUT2D eigenvalue weighted by atomic mass is 79.9. The molecule has 1 aromatic carbocycles. The van der Waals surface area contributed by atoms with Crippen LogP contribution in [0.5, 0.6) is 0 Å². The van der Waals surface area contributed by atoms with Gasteiger partial charge in [0.15, 0.2) is 0 Å². The number of nitrogens with one attached hydrogen (secondary N) is 1. The highest BCUT2D eigenvalue weighted by molar-refractivity contribution is 9.10. The Morgan fingerprint density at radius 3 is 2.81 bits per heavy atom. The van der Waals surface area contributed by atoms with Crippen LogP contribution >= 0.6 is 15.9 Å². The summed E-state index contributed by atoms with van der Waals surface area (Å²) in [5.41, 5.74) is 3.36. The molecule has 1 N–H and O–H groups in total. The Morgan fingerprint density at radius 2 is 2.19 bits per heavy atom. The number of aromatic nitrogens is 2. The van der Waals surface area contributed by atoms with Crippen molar-refractivity contribution in [2.24, 2.45) is 0 Å². The molecule has 84 valence electrons. The number of halogens is 1. The van der Waals surface area contributed by atoms with Gasteiger partial charge in [-0.25, -0.2) is 4.68 Å². The first-order valence-corrected chi connectivity index (χ1v) is 5.95. The summed E-state index contributed by atoms with van der Waals surface area (Å²) < 4.78 is 2.97. The molecule has 0 aliphatic heterocycles. The molecule has 0 saturated carbocycles. The molecular weight excluding hydrogens is 266 g/mol. The van der Waals surface area contributed by atoms with E-state index in [0.717, 1.165) is 22.4 Å². The van der Waals surface area contributed by atoms with E-state index in [1.807, 2.05) is 37.0 Å². The largest absolute Gasteiger partial charge is 0.316 e. The second-order valence-electron chi connectivity index (χ2n) is 3.71. The smallest absolute Gasteiger partial charge is 0.0701 e. The molecule has 0 spiro atoms. The lowest BCUT2D eigenvalue weighted by Crippen LogP contribution is -2.09. The summed E-state index contributed by atoms with van der Waals surface area (Å²) in [5.74, 6) is 0. The maximum atomic E-state index is 4.43. The molecule has 3 nitrogen and oxygen atoms in total. The Hall–Kier alpha value is -1.13. The molecule has 2 rings (SSSR count). The van der Waals surface area contributed by atoms with E-state index in [9.17, 15) is 0 Å². The Balaban J connectivity index is 2.48. The number of hydrogen-bond acceptors (Lipinski definition) is 2. The van der Waals surface area contributed by atoms with Crippen molar-refractivity contribution in [3.05, 3.63) is 46.2 Å². The second kappa shape index (κ2) is 4.80. The normalized spacial score (nSPS) is 10.7. The van der Waals surface area contributed by atoms with Crippen LogP contribution in [0.25, 0.3) is 5.69 Å². The predicted molar refractivity (Wildman–Crippen MR) is 68.8 cm³/mol. The molecule has 16 heavy (non-hydrogen) atoms. The van der Waals surface area contributed by atoms with Gasteiger partial charge in [0.1, 0.15) is 0 Å². The van der Waals surface area contributed by atoms with Gasteiger partial charge in [-0.3, -0.25) is 0 Å². The van der Waals surface area contributed by atoms with E-state index in [1.165, 1.54) is 5.56 Å². The number of aryl methyl sites for hydroxylation is 1. The molecule has 2 aromatic rings. The molecular formula is C12H14BrN3. The minimum Gasteiger partial charge on any atom is -0.316 e. The third-order valence-corrected chi connectivity index (χ3v) is 2.88. The van der Waals surface area contributed by atoms with E-state index >= 15 is 0 Å². The summed E-state index contributed by atoms with van der Waals surface area (Å²) in [6.45, 7) is 2.83. The van der Waals surface area contributed by atoms with Crippen molar-refractivity contribution in [3.63, 3.8) is 0 Å². The Labute approximate surface area is 104 Å². The van der Waals surface area contributed by atoms with Gasteiger partial charge in [-0.15, -0.1) is 0 Å². The summed E-state index contributed by atoms with van der Waals surface area (Å²) in [6, 6.07) is 8.24. The van der Waals surface area contributed by atoms with Crippen molar-refractivity contribution in [1.29, 1.82) is 0 Å². The minimum atomic E-state index is 0.835. The standard InChI is InChI=1S/C12H14BrN3/c1-9-5-6-16(15-9)12-7-11(13)4-3-10(12)8-14-2/h3-7,14H,8H2,1-2H3. The van der Waals surface area contributed by atoms with Crippen molar-refractivity contribution < 1.29 is 0 Å². The van der Waals surface area contributed by atoms with E-state index in [-0.39, 0.29) is 0 Å². The topological polar surface area (TPSA) is 29.9 Å². The fourth-order valence-corrected chi connectivity index (χ4v) is 1.99. The van der Waals surface area contributed by atoms with Gasteiger partial charge in [-0.1, -0.05) is 22.0 Å². The molecule has 0 atom stereocenters. The number of benzene rings is 1. The van der Waals surface area contributed by atoms with Crippen molar-refractivity contribution in [1.82, 2.24) is 15.1 Å². The van der Waals surface area contributed by atoms with Gasteiger partial charge in [-0.2, -0.15) is 5.10 Å². The van der Waals surface area contributed by atoms with Crippen molar-refractivity contribution in [2.45, 2.75) is 13.5 Å². The maximum Gasteiger partial charge on any atom is 0.0701 e. The van der Waals surface area contributed by atoms with Crippen LogP contribution in [0.1, 0.15) is 11.3 Å². The molecule has 0 aliphatic carbocycles. The van der Waals surface area contributed by atoms with Gasteiger partial charge in [0.2, 0.25) is 0 Å². The first kappa shape index (κ1) is 11.4. The van der Waals surface area contributed by atoms with Gasteiger partial charge in [0.05, 0.1) is 11.4 Å². The monoisotopic (exact) mass is 279 g/mol. The quantitative estimate of drug-likeness (QED) is 0.936. The maximum absolute atomic E-state index is 4.43. The molecule has 4 heteroatoms. The van der Waals surface area contributed by atoms with Crippen LogP contribution in [-0.4, -0.2) is 16.8 Å². The molecule has 0 fully saturated rings. The van der Waals surface area contributed by atoms with Gasteiger partial charge >= 0.3 is 0 Å². The van der Waals surface area contributed by atoms with E-state index in [4.69, 9.17) is 0 Å². The van der Waals surface area contributed by atoms with Crippen LogP contribution in [0.2, 0.25) is 0 Å². The third kappa shape index (κ3) is 2.33. The highest BCUT2D eigenvalue weighted by Crippen LogP contribution is 2.20. The van der Waals surface area contributed by atoms with Crippen molar-refractivity contribution >= 4 is 15.9 Å². The van der Waals surface area contributed by atoms with Gasteiger partial charge in [-0.05, 0) is 37.7 Å². The third-order valence-electron chi connectivity index (χ3n) is 2.38. The molecule has 0 unspecified atom stereocenters. The zero-order valence-electron chi connectivity index (χ0n) is 9.37. The zero-order valence-corrected chi connectivity index (χ0v) is 11.0. The average Bonchev–Trinajstić information content (AvgIpc) is 2.68. The van der Waals surface area contributed by atoms with Crippen LogP contribution in [0.3, 0.4) is 0 Å². The molecule has 1 aromatic heterocycles. The molecule has 0 amide bonds. The minimum absolute atomic E-state index is 0.835. The van der Waals surface area contributed by atoms with Crippen LogP contribution in [0.15, 0.2) is 34.9 Å². The van der Waals surface area contributed by atoms with Crippen molar-refractivity contribution in [3.8, 4) is 5.69 Å². The van der Waals surface area contributed by atoms with Crippen LogP contribution in [0, 0.1) is 6.92 Å². The Morgan fingerprint density at radius 1 is 1.38 bits per heavy atom. The van der Waals surface area contributed by atoms with E-state index in [1.54, 1.807) is 0 Å². The Kier molecular flexibility index (Phi) is 3.41. The van der Waals surface area contributed by atoms with Gasteiger partial charge in [0.25, 0.3) is 0 Å². The van der Waals surface area contributed by atoms with E-state index < -0.39 is 0 Å².